The van der Waals surface area contributed by atoms with E-state index >= 15 is 0 Å². The van der Waals surface area contributed by atoms with E-state index in [1.807, 2.05) is 17.1 Å². The molecule has 90 valence electrons. The predicted octanol–water partition coefficient (Wildman–Crippen LogP) is 0.375. The van der Waals surface area contributed by atoms with Crippen LogP contribution in [0.3, 0.4) is 0 Å². The molecule has 0 radical (unpaired) electrons. The number of nitrogens with zero attached hydrogens (tertiary/aromatic N) is 2. The third-order valence-electron chi connectivity index (χ3n) is 2.13. The van der Waals surface area contributed by atoms with E-state index in [-0.39, 0.29) is 5.91 Å². The fraction of sp³-hybridized carbons (Fsp3) is 0.636. The van der Waals surface area contributed by atoms with Crippen LogP contribution in [0.15, 0.2) is 12.4 Å². The third-order valence-corrected chi connectivity index (χ3v) is 2.13. The number of rotatable bonds is 6. The van der Waals surface area contributed by atoms with Crippen molar-refractivity contribution in [2.75, 3.05) is 13.6 Å². The van der Waals surface area contributed by atoms with Crippen molar-refractivity contribution in [2.45, 2.75) is 26.9 Å². The molecule has 0 aromatic carbocycles. The van der Waals surface area contributed by atoms with Gasteiger partial charge in [0.05, 0.1) is 12.7 Å². The van der Waals surface area contributed by atoms with Crippen LogP contribution in [0.2, 0.25) is 0 Å². The average molecular weight is 224 g/mol. The topological polar surface area (TPSA) is 59.0 Å². The van der Waals surface area contributed by atoms with Crippen LogP contribution in [0.4, 0.5) is 0 Å². The summed E-state index contributed by atoms with van der Waals surface area (Å²) < 4.78 is 1.93. The second kappa shape index (κ2) is 6.27. The third kappa shape index (κ3) is 4.44. The Morgan fingerprint density at radius 3 is 2.94 bits per heavy atom. The zero-order valence-corrected chi connectivity index (χ0v) is 10.2. The largest absolute Gasteiger partial charge is 0.358 e. The van der Waals surface area contributed by atoms with Crippen LogP contribution in [-0.2, 0) is 17.9 Å². The van der Waals surface area contributed by atoms with Crippen molar-refractivity contribution in [1.82, 2.24) is 20.4 Å². The molecule has 0 fully saturated rings. The van der Waals surface area contributed by atoms with Gasteiger partial charge in [0.25, 0.3) is 0 Å². The van der Waals surface area contributed by atoms with Crippen molar-refractivity contribution in [1.29, 1.82) is 0 Å². The molecule has 1 heterocycles. The SMILES string of the molecule is CNC(=O)CNCc1cnn(CC(C)C)c1. The first-order valence-electron chi connectivity index (χ1n) is 5.54. The zero-order chi connectivity index (χ0) is 12.0. The Kier molecular flexibility index (Phi) is 4.98. The Bertz CT molecular complexity index is 332. The highest BCUT2D eigenvalue weighted by molar-refractivity contribution is 5.77. The van der Waals surface area contributed by atoms with Gasteiger partial charge in [0, 0.05) is 31.9 Å². The first-order valence-corrected chi connectivity index (χ1v) is 5.54. The van der Waals surface area contributed by atoms with E-state index in [1.165, 1.54) is 0 Å². The van der Waals surface area contributed by atoms with Crippen molar-refractivity contribution in [3.8, 4) is 0 Å². The van der Waals surface area contributed by atoms with Gasteiger partial charge in [-0.1, -0.05) is 13.8 Å². The van der Waals surface area contributed by atoms with Gasteiger partial charge in [-0.25, -0.2) is 0 Å². The van der Waals surface area contributed by atoms with Gasteiger partial charge in [0.2, 0.25) is 5.91 Å². The van der Waals surface area contributed by atoms with Gasteiger partial charge in [0.1, 0.15) is 0 Å². The molecule has 1 amide bonds. The summed E-state index contributed by atoms with van der Waals surface area (Å²) >= 11 is 0. The Morgan fingerprint density at radius 1 is 1.56 bits per heavy atom. The van der Waals surface area contributed by atoms with Crippen molar-refractivity contribution < 1.29 is 4.79 Å². The first kappa shape index (κ1) is 12.7. The minimum absolute atomic E-state index is 0.00503. The van der Waals surface area contributed by atoms with Crippen molar-refractivity contribution in [3.05, 3.63) is 18.0 Å². The average Bonchev–Trinajstić information content (AvgIpc) is 2.64. The molecule has 0 atom stereocenters. The fourth-order valence-electron chi connectivity index (χ4n) is 1.38. The van der Waals surface area contributed by atoms with E-state index < -0.39 is 0 Å². The predicted molar refractivity (Wildman–Crippen MR) is 62.8 cm³/mol. The van der Waals surface area contributed by atoms with Crippen molar-refractivity contribution >= 4 is 5.91 Å². The molecule has 0 aliphatic carbocycles. The van der Waals surface area contributed by atoms with E-state index in [0.717, 1.165) is 12.1 Å². The van der Waals surface area contributed by atoms with Crippen LogP contribution in [0.1, 0.15) is 19.4 Å². The zero-order valence-electron chi connectivity index (χ0n) is 10.2. The first-order chi connectivity index (χ1) is 7.61. The van der Waals surface area contributed by atoms with Crippen LogP contribution >= 0.6 is 0 Å². The number of amides is 1. The summed E-state index contributed by atoms with van der Waals surface area (Å²) in [7, 11) is 1.63. The second-order valence-corrected chi connectivity index (χ2v) is 4.24. The minimum Gasteiger partial charge on any atom is -0.358 e. The van der Waals surface area contributed by atoms with Gasteiger partial charge in [-0.2, -0.15) is 5.10 Å². The summed E-state index contributed by atoms with van der Waals surface area (Å²) in [6, 6.07) is 0. The summed E-state index contributed by atoms with van der Waals surface area (Å²) in [5, 5.41) is 9.86. The highest BCUT2D eigenvalue weighted by atomic mass is 16.1. The molecule has 1 aromatic rings. The minimum atomic E-state index is -0.00503. The van der Waals surface area contributed by atoms with Crippen LogP contribution in [-0.4, -0.2) is 29.3 Å². The van der Waals surface area contributed by atoms with Crippen molar-refractivity contribution in [2.24, 2.45) is 5.92 Å². The maximum absolute atomic E-state index is 11.0. The van der Waals surface area contributed by atoms with Gasteiger partial charge >= 0.3 is 0 Å². The molecule has 0 aliphatic rings. The van der Waals surface area contributed by atoms with E-state index in [9.17, 15) is 4.79 Å². The Balaban J connectivity index is 2.32. The lowest BCUT2D eigenvalue weighted by Crippen LogP contribution is -2.30. The van der Waals surface area contributed by atoms with E-state index in [2.05, 4.69) is 29.6 Å². The van der Waals surface area contributed by atoms with E-state index in [0.29, 0.717) is 19.0 Å². The molecule has 0 unspecified atom stereocenters. The van der Waals surface area contributed by atoms with Crippen LogP contribution in [0.5, 0.6) is 0 Å². The number of hydrogen-bond acceptors (Lipinski definition) is 3. The van der Waals surface area contributed by atoms with Gasteiger partial charge in [-0.15, -0.1) is 0 Å². The molecule has 1 aromatic heterocycles. The van der Waals surface area contributed by atoms with Crippen molar-refractivity contribution in [3.63, 3.8) is 0 Å². The molecule has 5 heteroatoms. The van der Waals surface area contributed by atoms with E-state index in [1.54, 1.807) is 7.05 Å². The molecular weight excluding hydrogens is 204 g/mol. The molecular formula is C11H20N4O. The monoisotopic (exact) mass is 224 g/mol. The smallest absolute Gasteiger partial charge is 0.233 e. The number of nitrogens with one attached hydrogen (secondary N) is 2. The molecule has 0 bridgehead atoms. The van der Waals surface area contributed by atoms with Crippen LogP contribution in [0.25, 0.3) is 0 Å². The number of aromatic nitrogens is 2. The Morgan fingerprint density at radius 2 is 2.31 bits per heavy atom. The highest BCUT2D eigenvalue weighted by Gasteiger charge is 2.01. The molecule has 0 spiro atoms. The molecule has 0 aliphatic heterocycles. The molecule has 16 heavy (non-hydrogen) atoms. The lowest BCUT2D eigenvalue weighted by atomic mass is 10.2. The van der Waals surface area contributed by atoms with Crippen LogP contribution < -0.4 is 10.6 Å². The second-order valence-electron chi connectivity index (χ2n) is 4.24. The van der Waals surface area contributed by atoms with Gasteiger partial charge in [-0.05, 0) is 5.92 Å². The molecule has 1 rings (SSSR count). The highest BCUT2D eigenvalue weighted by Crippen LogP contribution is 2.01. The fourth-order valence-corrected chi connectivity index (χ4v) is 1.38. The molecule has 0 saturated carbocycles. The number of hydrogen-bond donors (Lipinski definition) is 2. The van der Waals surface area contributed by atoms with Gasteiger partial charge < -0.3 is 10.6 Å². The van der Waals surface area contributed by atoms with Gasteiger partial charge in [-0.3, -0.25) is 9.48 Å². The number of likely N-dealkylation sites (N-methyl/N-ethyl adjacent to an activating group) is 1. The lowest BCUT2D eigenvalue weighted by Gasteiger charge is -2.03. The standard InChI is InChI=1S/C11H20N4O/c1-9(2)7-15-8-10(5-14-15)4-13-6-11(16)12-3/h5,8-9,13H,4,6-7H2,1-3H3,(H,12,16). The summed E-state index contributed by atoms with van der Waals surface area (Å²) in [5.74, 6) is 0.584. The summed E-state index contributed by atoms with van der Waals surface area (Å²) in [4.78, 5) is 11.0. The normalized spacial score (nSPS) is 10.8. The lowest BCUT2D eigenvalue weighted by molar-refractivity contribution is -0.119. The van der Waals surface area contributed by atoms with Crippen LogP contribution in [0, 0.1) is 5.92 Å². The summed E-state index contributed by atoms with van der Waals surface area (Å²) in [6.07, 6.45) is 3.84. The van der Waals surface area contributed by atoms with E-state index in [4.69, 9.17) is 0 Å². The summed E-state index contributed by atoms with van der Waals surface area (Å²) in [6.45, 7) is 6.25. The molecule has 0 saturated heterocycles. The van der Waals surface area contributed by atoms with Gasteiger partial charge in [0.15, 0.2) is 0 Å². The number of carbonyl (C=O) groups excluding carboxylic acids is 1. The summed E-state index contributed by atoms with van der Waals surface area (Å²) in [5.41, 5.74) is 1.10. The number of carbonyl (C=O) groups is 1. The molecule has 2 N–H and O–H groups in total. The molecule has 5 nitrogen and oxygen atoms in total. The Labute approximate surface area is 96.2 Å². The Hall–Kier alpha value is -1.36. The maximum atomic E-state index is 11.0. The maximum Gasteiger partial charge on any atom is 0.233 e. The quantitative estimate of drug-likeness (QED) is 0.734.